The van der Waals surface area contributed by atoms with Crippen LogP contribution in [0.1, 0.15) is 12.8 Å². The van der Waals surface area contributed by atoms with Gasteiger partial charge in [-0.3, -0.25) is 9.69 Å². The second kappa shape index (κ2) is 6.36. The summed E-state index contributed by atoms with van der Waals surface area (Å²) in [7, 11) is 3.73. The van der Waals surface area contributed by atoms with Crippen LogP contribution in [0.15, 0.2) is 30.3 Å². The molecule has 0 radical (unpaired) electrons. The highest BCUT2D eigenvalue weighted by Gasteiger charge is 2.35. The van der Waals surface area contributed by atoms with E-state index in [4.69, 9.17) is 11.6 Å². The molecule has 0 spiro atoms. The molecule has 1 heterocycles. The molecule has 1 aromatic carbocycles. The third kappa shape index (κ3) is 3.02. The Balaban J connectivity index is 1.72. The summed E-state index contributed by atoms with van der Waals surface area (Å²) in [6.45, 7) is 0. The lowest BCUT2D eigenvalue weighted by Crippen LogP contribution is -2.47. The van der Waals surface area contributed by atoms with Crippen LogP contribution in [0.3, 0.4) is 0 Å². The number of carbonyl (C=O) groups excluding carboxylic acids is 1. The van der Waals surface area contributed by atoms with Gasteiger partial charge in [0.1, 0.15) is 5.82 Å². The Hall–Kier alpha value is -1.43. The molecule has 1 fully saturated rings. The number of benzene rings is 1. The van der Waals surface area contributed by atoms with Crippen molar-refractivity contribution in [1.29, 1.82) is 0 Å². The Bertz CT molecular complexity index is 682. The first-order valence-electron chi connectivity index (χ1n) is 7.26. The summed E-state index contributed by atoms with van der Waals surface area (Å²) in [5.74, 6) is 0.964. The maximum atomic E-state index is 12.4. The van der Waals surface area contributed by atoms with Gasteiger partial charge < -0.3 is 5.32 Å². The Morgan fingerprint density at radius 3 is 2.86 bits per heavy atom. The molecule has 0 atom stereocenters. The maximum absolute atomic E-state index is 12.4. The van der Waals surface area contributed by atoms with E-state index in [0.29, 0.717) is 16.9 Å². The molecule has 1 N–H and O–H groups in total. The number of nitrogens with zero attached hydrogens (tertiary/aromatic N) is 2. The van der Waals surface area contributed by atoms with Gasteiger partial charge >= 0.3 is 0 Å². The molecule has 116 valence electrons. The number of aromatic nitrogens is 1. The van der Waals surface area contributed by atoms with Gasteiger partial charge in [0, 0.05) is 30.1 Å². The Morgan fingerprint density at radius 2 is 2.18 bits per heavy atom. The van der Waals surface area contributed by atoms with Crippen LogP contribution in [-0.2, 0) is 4.79 Å². The summed E-state index contributed by atoms with van der Waals surface area (Å²) in [5, 5.41) is 3.90. The van der Waals surface area contributed by atoms with Crippen LogP contribution in [0.5, 0.6) is 0 Å². The van der Waals surface area contributed by atoms with Crippen molar-refractivity contribution in [3.8, 4) is 10.4 Å². The molecule has 0 unspecified atom stereocenters. The fourth-order valence-electron chi connectivity index (χ4n) is 2.64. The molecule has 1 aliphatic carbocycles. The highest BCUT2D eigenvalue weighted by Crippen LogP contribution is 2.33. The molecule has 4 nitrogen and oxygen atoms in total. The van der Waals surface area contributed by atoms with E-state index in [1.807, 2.05) is 37.4 Å². The molecular formula is C16H18ClN3OS. The van der Waals surface area contributed by atoms with Gasteiger partial charge in [-0.15, -0.1) is 0 Å². The Labute approximate surface area is 139 Å². The third-order valence-electron chi connectivity index (χ3n) is 4.18. The predicted molar refractivity (Wildman–Crippen MR) is 91.5 cm³/mol. The minimum atomic E-state index is 0.110. The lowest BCUT2D eigenvalue weighted by atomic mass is 9.79. The van der Waals surface area contributed by atoms with E-state index in [1.54, 1.807) is 11.9 Å². The maximum Gasteiger partial charge on any atom is 0.231 e. The van der Waals surface area contributed by atoms with E-state index in [-0.39, 0.29) is 11.8 Å². The van der Waals surface area contributed by atoms with Gasteiger partial charge in [-0.05, 0) is 49.1 Å². The van der Waals surface area contributed by atoms with E-state index >= 15 is 0 Å². The molecule has 1 aromatic heterocycles. The SMILES string of the molecule is CN[C@H]1C[C@H](C(=O)N(C)c2cc(-c3cccc(Cl)c3)sn2)C1. The van der Waals surface area contributed by atoms with Gasteiger partial charge in [-0.2, -0.15) is 4.37 Å². The van der Waals surface area contributed by atoms with Crippen LogP contribution < -0.4 is 10.2 Å². The number of carbonyl (C=O) groups is 1. The zero-order valence-electron chi connectivity index (χ0n) is 12.5. The summed E-state index contributed by atoms with van der Waals surface area (Å²) >= 11 is 7.41. The zero-order chi connectivity index (χ0) is 15.7. The molecule has 3 rings (SSSR count). The van der Waals surface area contributed by atoms with Gasteiger partial charge in [0.2, 0.25) is 5.91 Å². The Kier molecular flexibility index (Phi) is 4.47. The van der Waals surface area contributed by atoms with Crippen molar-refractivity contribution in [3.05, 3.63) is 35.4 Å². The van der Waals surface area contributed by atoms with Crippen LogP contribution in [0, 0.1) is 5.92 Å². The second-order valence-corrected chi connectivity index (χ2v) is 6.85. The first kappa shape index (κ1) is 15.5. The second-order valence-electron chi connectivity index (χ2n) is 5.61. The van der Waals surface area contributed by atoms with Gasteiger partial charge in [-0.25, -0.2) is 0 Å². The van der Waals surface area contributed by atoms with E-state index < -0.39 is 0 Å². The number of halogens is 1. The topological polar surface area (TPSA) is 45.2 Å². The first-order chi connectivity index (χ1) is 10.6. The molecule has 22 heavy (non-hydrogen) atoms. The van der Waals surface area contributed by atoms with Crippen molar-refractivity contribution in [2.75, 3.05) is 19.0 Å². The van der Waals surface area contributed by atoms with Crippen LogP contribution in [0.2, 0.25) is 5.02 Å². The molecule has 0 saturated heterocycles. The average Bonchev–Trinajstić information content (AvgIpc) is 2.95. The van der Waals surface area contributed by atoms with E-state index in [2.05, 4.69) is 9.69 Å². The monoisotopic (exact) mass is 335 g/mol. The van der Waals surface area contributed by atoms with Crippen LogP contribution in [-0.4, -0.2) is 30.4 Å². The van der Waals surface area contributed by atoms with Crippen molar-refractivity contribution in [1.82, 2.24) is 9.69 Å². The van der Waals surface area contributed by atoms with Crippen LogP contribution in [0.25, 0.3) is 10.4 Å². The number of hydrogen-bond acceptors (Lipinski definition) is 4. The van der Waals surface area contributed by atoms with Crippen molar-refractivity contribution >= 4 is 34.9 Å². The number of anilines is 1. The molecular weight excluding hydrogens is 318 g/mol. The fourth-order valence-corrected chi connectivity index (χ4v) is 3.59. The third-order valence-corrected chi connectivity index (χ3v) is 5.24. The number of rotatable bonds is 4. The van der Waals surface area contributed by atoms with Gasteiger partial charge in [0.15, 0.2) is 0 Å². The minimum absolute atomic E-state index is 0.110. The van der Waals surface area contributed by atoms with E-state index in [9.17, 15) is 4.79 Å². The fraction of sp³-hybridized carbons (Fsp3) is 0.375. The lowest BCUT2D eigenvalue weighted by Gasteiger charge is -2.35. The molecule has 6 heteroatoms. The van der Waals surface area contributed by atoms with Crippen molar-refractivity contribution in [2.24, 2.45) is 5.92 Å². The van der Waals surface area contributed by atoms with Crippen LogP contribution in [0.4, 0.5) is 5.82 Å². The van der Waals surface area contributed by atoms with Gasteiger partial charge in [0.05, 0.1) is 4.88 Å². The number of nitrogens with one attached hydrogen (secondary N) is 1. The summed E-state index contributed by atoms with van der Waals surface area (Å²) in [6, 6.07) is 10.1. The standard InChI is InChI=1S/C16H18ClN3OS/c1-18-13-7-11(8-13)16(21)20(2)15-9-14(22-19-15)10-4-3-5-12(17)6-10/h3-6,9,11,13,18H,7-8H2,1-2H3/t11-,13-. The van der Waals surface area contributed by atoms with Crippen molar-refractivity contribution in [2.45, 2.75) is 18.9 Å². The van der Waals surface area contributed by atoms with Gasteiger partial charge in [-0.1, -0.05) is 23.7 Å². The highest BCUT2D eigenvalue weighted by molar-refractivity contribution is 7.09. The molecule has 0 bridgehead atoms. The number of amides is 1. The lowest BCUT2D eigenvalue weighted by molar-refractivity contribution is -0.125. The van der Waals surface area contributed by atoms with E-state index in [1.165, 1.54) is 11.5 Å². The zero-order valence-corrected chi connectivity index (χ0v) is 14.1. The predicted octanol–water partition coefficient (Wildman–Crippen LogP) is 3.42. The molecule has 2 aromatic rings. The molecule has 1 saturated carbocycles. The largest absolute Gasteiger partial charge is 0.317 e. The summed E-state index contributed by atoms with van der Waals surface area (Å²) in [6.07, 6.45) is 1.82. The summed E-state index contributed by atoms with van der Waals surface area (Å²) in [5.41, 5.74) is 1.02. The van der Waals surface area contributed by atoms with Crippen molar-refractivity contribution in [3.63, 3.8) is 0 Å². The Morgan fingerprint density at radius 1 is 1.41 bits per heavy atom. The molecule has 1 amide bonds. The first-order valence-corrected chi connectivity index (χ1v) is 8.41. The van der Waals surface area contributed by atoms with Crippen LogP contribution >= 0.6 is 23.1 Å². The summed E-state index contributed by atoms with van der Waals surface area (Å²) in [4.78, 5) is 15.1. The van der Waals surface area contributed by atoms with Crippen molar-refractivity contribution < 1.29 is 4.79 Å². The van der Waals surface area contributed by atoms with Gasteiger partial charge in [0.25, 0.3) is 0 Å². The smallest absolute Gasteiger partial charge is 0.231 e. The highest BCUT2D eigenvalue weighted by atomic mass is 35.5. The molecule has 0 aliphatic heterocycles. The minimum Gasteiger partial charge on any atom is -0.317 e. The summed E-state index contributed by atoms with van der Waals surface area (Å²) < 4.78 is 4.41. The number of hydrogen-bond donors (Lipinski definition) is 1. The quantitative estimate of drug-likeness (QED) is 0.931. The molecule has 1 aliphatic rings. The average molecular weight is 336 g/mol. The van der Waals surface area contributed by atoms with E-state index in [0.717, 1.165) is 23.3 Å². The normalized spacial score (nSPS) is 20.5.